The summed E-state index contributed by atoms with van der Waals surface area (Å²) in [5.41, 5.74) is 0.860. The summed E-state index contributed by atoms with van der Waals surface area (Å²) in [4.78, 5) is 13.1. The van der Waals surface area contributed by atoms with E-state index in [9.17, 15) is 4.79 Å². The molecule has 0 unspecified atom stereocenters. The van der Waals surface area contributed by atoms with Gasteiger partial charge in [-0.3, -0.25) is 0 Å². The van der Waals surface area contributed by atoms with E-state index >= 15 is 0 Å². The molecule has 0 bridgehead atoms. The zero-order chi connectivity index (χ0) is 10.6. The molecule has 1 aromatic rings. The molecule has 0 heterocycles. The van der Waals surface area contributed by atoms with Crippen LogP contribution in [0.15, 0.2) is 24.3 Å². The van der Waals surface area contributed by atoms with Crippen LogP contribution in [0.25, 0.3) is 0 Å². The number of carbonyl (C=O) groups is 1. The van der Waals surface area contributed by atoms with Crippen molar-refractivity contribution >= 4 is 34.3 Å². The van der Waals surface area contributed by atoms with Crippen LogP contribution in [0.1, 0.15) is 6.92 Å². The Labute approximate surface area is 97.6 Å². The van der Waals surface area contributed by atoms with Gasteiger partial charge in [0, 0.05) is 17.2 Å². The summed E-state index contributed by atoms with van der Waals surface area (Å²) >= 11 is 2.20. The average Bonchev–Trinajstić information content (AvgIpc) is 2.20. The molecule has 14 heavy (non-hydrogen) atoms. The fraction of sp³-hybridized carbons (Fsp3) is 0.300. The second kappa shape index (κ2) is 5.19. The van der Waals surface area contributed by atoms with Crippen LogP contribution in [0.2, 0.25) is 0 Å². The maximum absolute atomic E-state index is 11.5. The fourth-order valence-electron chi connectivity index (χ4n) is 0.917. The van der Waals surface area contributed by atoms with Gasteiger partial charge in [-0.15, -0.1) is 0 Å². The molecule has 1 N–H and O–H groups in total. The molecule has 76 valence electrons. The minimum Gasteiger partial charge on any atom is -0.328 e. The molecule has 0 saturated carbocycles. The smallest absolute Gasteiger partial charge is 0.321 e. The molecular weight excluding hydrogens is 291 g/mol. The Morgan fingerprint density at radius 3 is 2.71 bits per heavy atom. The zero-order valence-corrected chi connectivity index (χ0v) is 10.4. The van der Waals surface area contributed by atoms with E-state index in [0.717, 1.165) is 9.26 Å². The van der Waals surface area contributed by atoms with Gasteiger partial charge in [0.1, 0.15) is 0 Å². The first-order valence-electron chi connectivity index (χ1n) is 4.41. The second-order valence-corrected chi connectivity index (χ2v) is 4.09. The van der Waals surface area contributed by atoms with Crippen molar-refractivity contribution in [3.05, 3.63) is 27.8 Å². The molecule has 0 aromatic heterocycles. The van der Waals surface area contributed by atoms with Crippen LogP contribution in [0.3, 0.4) is 0 Å². The van der Waals surface area contributed by atoms with Crippen LogP contribution in [0.4, 0.5) is 10.5 Å². The third kappa shape index (κ3) is 2.87. The predicted molar refractivity (Wildman–Crippen MR) is 66.5 cm³/mol. The van der Waals surface area contributed by atoms with Gasteiger partial charge in [-0.2, -0.15) is 0 Å². The summed E-state index contributed by atoms with van der Waals surface area (Å²) in [6.45, 7) is 2.64. The van der Waals surface area contributed by atoms with Crippen molar-refractivity contribution in [2.75, 3.05) is 18.9 Å². The number of para-hydroxylation sites is 1. The minimum atomic E-state index is -0.0726. The lowest BCUT2D eigenvalue weighted by molar-refractivity contribution is 0.224. The SMILES string of the molecule is CCN(C)C(=O)Nc1ccccc1I. The molecule has 1 aromatic carbocycles. The number of hydrogen-bond donors (Lipinski definition) is 1. The molecule has 0 spiro atoms. The normalized spacial score (nSPS) is 9.64. The fourth-order valence-corrected chi connectivity index (χ4v) is 1.44. The van der Waals surface area contributed by atoms with Crippen LogP contribution in [0.5, 0.6) is 0 Å². The Hall–Kier alpha value is -0.780. The van der Waals surface area contributed by atoms with Crippen LogP contribution in [-0.4, -0.2) is 24.5 Å². The van der Waals surface area contributed by atoms with Gasteiger partial charge in [-0.05, 0) is 41.6 Å². The van der Waals surface area contributed by atoms with Crippen molar-refractivity contribution in [2.45, 2.75) is 6.92 Å². The molecular formula is C10H13IN2O. The lowest BCUT2D eigenvalue weighted by Gasteiger charge is -2.16. The van der Waals surface area contributed by atoms with E-state index < -0.39 is 0 Å². The molecule has 2 amide bonds. The molecule has 0 atom stereocenters. The molecule has 0 radical (unpaired) electrons. The van der Waals surface area contributed by atoms with E-state index in [-0.39, 0.29) is 6.03 Å². The van der Waals surface area contributed by atoms with Gasteiger partial charge >= 0.3 is 6.03 Å². The number of benzene rings is 1. The highest BCUT2D eigenvalue weighted by Crippen LogP contribution is 2.16. The largest absolute Gasteiger partial charge is 0.328 e. The number of halogens is 1. The van der Waals surface area contributed by atoms with Gasteiger partial charge in [0.2, 0.25) is 0 Å². The van der Waals surface area contributed by atoms with Crippen molar-refractivity contribution < 1.29 is 4.79 Å². The van der Waals surface area contributed by atoms with Gasteiger partial charge < -0.3 is 10.2 Å². The summed E-state index contributed by atoms with van der Waals surface area (Å²) in [5.74, 6) is 0. The molecule has 0 aliphatic carbocycles. The summed E-state index contributed by atoms with van der Waals surface area (Å²) in [6.07, 6.45) is 0. The van der Waals surface area contributed by atoms with E-state index in [1.165, 1.54) is 0 Å². The lowest BCUT2D eigenvalue weighted by Crippen LogP contribution is -2.31. The van der Waals surface area contributed by atoms with Crippen molar-refractivity contribution in [1.29, 1.82) is 0 Å². The number of urea groups is 1. The van der Waals surface area contributed by atoms with Crippen molar-refractivity contribution in [3.63, 3.8) is 0 Å². The van der Waals surface area contributed by atoms with Crippen molar-refractivity contribution in [3.8, 4) is 0 Å². The number of hydrogen-bond acceptors (Lipinski definition) is 1. The first-order valence-corrected chi connectivity index (χ1v) is 5.49. The Bertz CT molecular complexity index is 328. The van der Waals surface area contributed by atoms with E-state index in [2.05, 4.69) is 27.9 Å². The summed E-state index contributed by atoms with van der Waals surface area (Å²) in [6, 6.07) is 7.63. The standard InChI is InChI=1S/C10H13IN2O/c1-3-13(2)10(14)12-9-7-5-4-6-8(9)11/h4-7H,3H2,1-2H3,(H,12,14). The maximum atomic E-state index is 11.5. The van der Waals surface area contributed by atoms with Crippen molar-refractivity contribution in [2.24, 2.45) is 0 Å². The predicted octanol–water partition coefficient (Wildman–Crippen LogP) is 2.77. The minimum absolute atomic E-state index is 0.0726. The Kier molecular flexibility index (Phi) is 4.19. The van der Waals surface area contributed by atoms with Crippen LogP contribution in [0, 0.1) is 3.57 Å². The van der Waals surface area contributed by atoms with E-state index in [0.29, 0.717) is 6.54 Å². The molecule has 0 saturated heterocycles. The molecule has 1 rings (SSSR count). The summed E-state index contributed by atoms with van der Waals surface area (Å²) < 4.78 is 1.04. The third-order valence-electron chi connectivity index (χ3n) is 1.94. The number of nitrogens with one attached hydrogen (secondary N) is 1. The molecule has 0 aliphatic heterocycles. The Morgan fingerprint density at radius 2 is 2.14 bits per heavy atom. The highest BCUT2D eigenvalue weighted by molar-refractivity contribution is 14.1. The highest BCUT2D eigenvalue weighted by atomic mass is 127. The van der Waals surface area contributed by atoms with E-state index in [4.69, 9.17) is 0 Å². The maximum Gasteiger partial charge on any atom is 0.321 e. The zero-order valence-electron chi connectivity index (χ0n) is 8.25. The number of carbonyl (C=O) groups excluding carboxylic acids is 1. The Morgan fingerprint density at radius 1 is 1.50 bits per heavy atom. The third-order valence-corrected chi connectivity index (χ3v) is 2.88. The molecule has 3 nitrogen and oxygen atoms in total. The first-order chi connectivity index (χ1) is 6.65. The number of rotatable bonds is 2. The van der Waals surface area contributed by atoms with Crippen LogP contribution in [-0.2, 0) is 0 Å². The van der Waals surface area contributed by atoms with Gasteiger partial charge in [-0.25, -0.2) is 4.79 Å². The lowest BCUT2D eigenvalue weighted by atomic mass is 10.3. The first kappa shape index (κ1) is 11.3. The van der Waals surface area contributed by atoms with Crippen molar-refractivity contribution in [1.82, 2.24) is 4.90 Å². The summed E-state index contributed by atoms with van der Waals surface area (Å²) in [7, 11) is 1.77. The highest BCUT2D eigenvalue weighted by Gasteiger charge is 2.07. The number of nitrogens with zero attached hydrogens (tertiary/aromatic N) is 1. The van der Waals surface area contributed by atoms with Gasteiger partial charge in [0.05, 0.1) is 5.69 Å². The molecule has 4 heteroatoms. The van der Waals surface area contributed by atoms with Crippen LogP contribution >= 0.6 is 22.6 Å². The van der Waals surface area contributed by atoms with Gasteiger partial charge in [0.15, 0.2) is 0 Å². The van der Waals surface area contributed by atoms with E-state index in [1.807, 2.05) is 31.2 Å². The number of anilines is 1. The Balaban J connectivity index is 2.70. The van der Waals surface area contributed by atoms with E-state index in [1.54, 1.807) is 11.9 Å². The molecule has 0 fully saturated rings. The monoisotopic (exact) mass is 304 g/mol. The topological polar surface area (TPSA) is 32.3 Å². The second-order valence-electron chi connectivity index (χ2n) is 2.92. The molecule has 0 aliphatic rings. The van der Waals surface area contributed by atoms with Crippen LogP contribution < -0.4 is 5.32 Å². The average molecular weight is 304 g/mol. The number of amides is 2. The summed E-state index contributed by atoms with van der Waals surface area (Å²) in [5, 5.41) is 2.84. The quantitative estimate of drug-likeness (QED) is 0.837. The van der Waals surface area contributed by atoms with Gasteiger partial charge in [-0.1, -0.05) is 12.1 Å². The van der Waals surface area contributed by atoms with Gasteiger partial charge in [0.25, 0.3) is 0 Å².